The van der Waals surface area contributed by atoms with Gasteiger partial charge in [0, 0.05) is 31.2 Å². The molecule has 0 bridgehead atoms. The van der Waals surface area contributed by atoms with Crippen molar-refractivity contribution in [3.63, 3.8) is 0 Å². The summed E-state index contributed by atoms with van der Waals surface area (Å²) in [5, 5.41) is 12.9. The van der Waals surface area contributed by atoms with E-state index < -0.39 is 0 Å². The molecule has 1 aromatic carbocycles. The van der Waals surface area contributed by atoms with Gasteiger partial charge in [0.1, 0.15) is 11.5 Å². The fraction of sp³-hybridized carbons (Fsp3) is 0.533. The van der Waals surface area contributed by atoms with E-state index in [1.807, 2.05) is 0 Å². The van der Waals surface area contributed by atoms with Crippen LogP contribution in [0, 0.1) is 0 Å². The van der Waals surface area contributed by atoms with Gasteiger partial charge in [-0.25, -0.2) is 0 Å². The molecule has 1 saturated carbocycles. The van der Waals surface area contributed by atoms with Gasteiger partial charge in [0.15, 0.2) is 0 Å². The third kappa shape index (κ3) is 2.72. The lowest BCUT2D eigenvalue weighted by molar-refractivity contribution is 0.0935. The number of hydrogen-bond acceptors (Lipinski definition) is 4. The van der Waals surface area contributed by atoms with Crippen molar-refractivity contribution in [3.05, 3.63) is 23.8 Å². The number of ether oxygens (including phenoxy) is 1. The molecule has 2 aliphatic rings. The molecule has 1 aromatic rings. The molecule has 2 fully saturated rings. The number of rotatable bonds is 4. The van der Waals surface area contributed by atoms with Crippen molar-refractivity contribution in [1.82, 2.24) is 10.2 Å². The van der Waals surface area contributed by atoms with Crippen molar-refractivity contribution in [3.8, 4) is 11.5 Å². The molecule has 20 heavy (non-hydrogen) atoms. The molecule has 1 aliphatic carbocycles. The fourth-order valence-corrected chi connectivity index (χ4v) is 2.77. The topological polar surface area (TPSA) is 61.8 Å². The number of likely N-dealkylation sites (tertiary alicyclic amines) is 1. The van der Waals surface area contributed by atoms with Crippen LogP contribution in [0.1, 0.15) is 29.6 Å². The van der Waals surface area contributed by atoms with Gasteiger partial charge in [-0.3, -0.25) is 9.69 Å². The van der Waals surface area contributed by atoms with Crippen LogP contribution in [0.25, 0.3) is 0 Å². The lowest BCUT2D eigenvalue weighted by Crippen LogP contribution is -2.37. The first-order valence-corrected chi connectivity index (χ1v) is 7.09. The minimum absolute atomic E-state index is 0.0427. The number of benzene rings is 1. The lowest BCUT2D eigenvalue weighted by atomic mass is 10.1. The molecule has 3 rings (SSSR count). The third-order valence-corrected chi connectivity index (χ3v) is 4.07. The van der Waals surface area contributed by atoms with E-state index in [4.69, 9.17) is 4.74 Å². The van der Waals surface area contributed by atoms with Gasteiger partial charge in [-0.15, -0.1) is 0 Å². The van der Waals surface area contributed by atoms with Crippen LogP contribution in [0.3, 0.4) is 0 Å². The van der Waals surface area contributed by atoms with Crippen LogP contribution in [0.5, 0.6) is 11.5 Å². The van der Waals surface area contributed by atoms with E-state index in [9.17, 15) is 9.90 Å². The van der Waals surface area contributed by atoms with Crippen molar-refractivity contribution in [2.75, 3.05) is 20.2 Å². The van der Waals surface area contributed by atoms with Gasteiger partial charge in [-0.05, 0) is 31.4 Å². The number of nitrogens with zero attached hydrogens (tertiary/aromatic N) is 1. The van der Waals surface area contributed by atoms with Gasteiger partial charge in [0.25, 0.3) is 5.91 Å². The standard InChI is InChI=1S/C15H20N2O3/c1-20-12-4-5-13(14(18)8-12)15(19)16-10-6-7-17(9-10)11-2-3-11/h4-5,8,10-11,18H,2-3,6-7,9H2,1H3,(H,16,19). The third-order valence-electron chi connectivity index (χ3n) is 4.07. The van der Waals surface area contributed by atoms with E-state index in [0.717, 1.165) is 25.6 Å². The zero-order chi connectivity index (χ0) is 14.1. The monoisotopic (exact) mass is 276 g/mol. The lowest BCUT2D eigenvalue weighted by Gasteiger charge is -2.16. The van der Waals surface area contributed by atoms with Crippen LogP contribution in [-0.4, -0.2) is 48.2 Å². The number of hydrogen-bond donors (Lipinski definition) is 2. The molecule has 1 saturated heterocycles. The Morgan fingerprint density at radius 1 is 1.40 bits per heavy atom. The number of amides is 1. The maximum Gasteiger partial charge on any atom is 0.255 e. The summed E-state index contributed by atoms with van der Waals surface area (Å²) >= 11 is 0. The molecule has 108 valence electrons. The summed E-state index contributed by atoms with van der Waals surface area (Å²) in [4.78, 5) is 14.6. The summed E-state index contributed by atoms with van der Waals surface area (Å²) in [6.07, 6.45) is 3.57. The fourth-order valence-electron chi connectivity index (χ4n) is 2.77. The predicted octanol–water partition coefficient (Wildman–Crippen LogP) is 1.37. The summed E-state index contributed by atoms with van der Waals surface area (Å²) in [5.41, 5.74) is 0.302. The molecule has 2 N–H and O–H groups in total. The number of aromatic hydroxyl groups is 1. The number of nitrogens with one attached hydrogen (secondary N) is 1. The van der Waals surface area contributed by atoms with Crippen LogP contribution in [0.15, 0.2) is 18.2 Å². The van der Waals surface area contributed by atoms with Gasteiger partial charge in [0.05, 0.1) is 12.7 Å². The summed E-state index contributed by atoms with van der Waals surface area (Å²) in [6, 6.07) is 5.66. The molecule has 1 heterocycles. The molecule has 1 unspecified atom stereocenters. The first-order chi connectivity index (χ1) is 9.67. The minimum Gasteiger partial charge on any atom is -0.507 e. The Morgan fingerprint density at radius 3 is 2.85 bits per heavy atom. The van der Waals surface area contributed by atoms with Crippen LogP contribution in [0.4, 0.5) is 0 Å². The van der Waals surface area contributed by atoms with Crippen molar-refractivity contribution in [2.45, 2.75) is 31.3 Å². The molecule has 0 spiro atoms. The summed E-state index contributed by atoms with van der Waals surface area (Å²) < 4.78 is 5.01. The van der Waals surface area contributed by atoms with E-state index in [0.29, 0.717) is 11.3 Å². The Labute approximate surface area is 118 Å². The average Bonchev–Trinajstić information content (AvgIpc) is 3.19. The molecule has 0 aromatic heterocycles. The Morgan fingerprint density at radius 2 is 2.20 bits per heavy atom. The maximum absolute atomic E-state index is 12.2. The molecule has 5 nitrogen and oxygen atoms in total. The van der Waals surface area contributed by atoms with E-state index in [1.54, 1.807) is 12.1 Å². The van der Waals surface area contributed by atoms with Crippen molar-refractivity contribution in [1.29, 1.82) is 0 Å². The number of carbonyl (C=O) groups excluding carboxylic acids is 1. The van der Waals surface area contributed by atoms with Gasteiger partial charge >= 0.3 is 0 Å². The molecular formula is C15H20N2O3. The molecule has 1 amide bonds. The Bertz CT molecular complexity index is 514. The molecule has 1 atom stereocenters. The highest BCUT2D eigenvalue weighted by molar-refractivity contribution is 5.97. The van der Waals surface area contributed by atoms with Crippen LogP contribution in [-0.2, 0) is 0 Å². The van der Waals surface area contributed by atoms with E-state index in [1.165, 1.54) is 26.0 Å². The maximum atomic E-state index is 12.2. The van der Waals surface area contributed by atoms with Gasteiger partial charge in [-0.2, -0.15) is 0 Å². The molecular weight excluding hydrogens is 256 g/mol. The highest BCUT2D eigenvalue weighted by Crippen LogP contribution is 2.30. The van der Waals surface area contributed by atoms with Crippen LogP contribution >= 0.6 is 0 Å². The van der Waals surface area contributed by atoms with E-state index in [-0.39, 0.29) is 17.7 Å². The molecule has 5 heteroatoms. The molecule has 1 aliphatic heterocycles. The van der Waals surface area contributed by atoms with Crippen molar-refractivity contribution in [2.24, 2.45) is 0 Å². The highest BCUT2D eigenvalue weighted by Gasteiger charge is 2.34. The number of phenolic OH excluding ortho intramolecular Hbond substituents is 1. The quantitative estimate of drug-likeness (QED) is 0.872. The van der Waals surface area contributed by atoms with Crippen molar-refractivity contribution >= 4 is 5.91 Å². The first kappa shape index (κ1) is 13.2. The first-order valence-electron chi connectivity index (χ1n) is 7.09. The number of methoxy groups -OCH3 is 1. The van der Waals surface area contributed by atoms with Gasteiger partial charge in [0.2, 0.25) is 0 Å². The summed E-state index contributed by atoms with van der Waals surface area (Å²) in [7, 11) is 1.53. The van der Waals surface area contributed by atoms with E-state index in [2.05, 4.69) is 10.2 Å². The van der Waals surface area contributed by atoms with E-state index >= 15 is 0 Å². The van der Waals surface area contributed by atoms with Crippen molar-refractivity contribution < 1.29 is 14.6 Å². The number of carbonyl (C=O) groups is 1. The second-order valence-corrected chi connectivity index (χ2v) is 5.57. The smallest absolute Gasteiger partial charge is 0.255 e. The highest BCUT2D eigenvalue weighted by atomic mass is 16.5. The molecule has 0 radical (unpaired) electrons. The average molecular weight is 276 g/mol. The van der Waals surface area contributed by atoms with Gasteiger partial charge < -0.3 is 15.2 Å². The van der Waals surface area contributed by atoms with Gasteiger partial charge in [-0.1, -0.05) is 0 Å². The zero-order valence-electron chi connectivity index (χ0n) is 11.6. The Balaban J connectivity index is 1.61. The largest absolute Gasteiger partial charge is 0.507 e. The number of phenols is 1. The van der Waals surface area contributed by atoms with Crippen LogP contribution in [0.2, 0.25) is 0 Å². The second kappa shape index (κ2) is 5.32. The normalized spacial score (nSPS) is 22.8. The SMILES string of the molecule is COc1ccc(C(=O)NC2CCN(C3CC3)C2)c(O)c1. The Hall–Kier alpha value is -1.75. The van der Waals surface area contributed by atoms with Crippen LogP contribution < -0.4 is 10.1 Å². The predicted molar refractivity (Wildman–Crippen MR) is 75.1 cm³/mol. The summed E-state index contributed by atoms with van der Waals surface area (Å²) in [5.74, 6) is 0.284. The zero-order valence-corrected chi connectivity index (χ0v) is 11.6. The second-order valence-electron chi connectivity index (χ2n) is 5.57. The summed E-state index contributed by atoms with van der Waals surface area (Å²) in [6.45, 7) is 1.98. The minimum atomic E-state index is -0.215. The Kier molecular flexibility index (Phi) is 3.53.